The van der Waals surface area contributed by atoms with Crippen molar-refractivity contribution in [2.75, 3.05) is 0 Å². The van der Waals surface area contributed by atoms with Gasteiger partial charge in [-0.05, 0) is 13.8 Å². The van der Waals surface area contributed by atoms with Crippen molar-refractivity contribution in [3.05, 3.63) is 46.0 Å². The monoisotopic (exact) mass is 264 g/mol. The van der Waals surface area contributed by atoms with E-state index in [1.165, 1.54) is 6.20 Å². The number of oxazole rings is 1. The van der Waals surface area contributed by atoms with Crippen LogP contribution in [0, 0.1) is 6.92 Å². The summed E-state index contributed by atoms with van der Waals surface area (Å²) >= 11 is 0. The summed E-state index contributed by atoms with van der Waals surface area (Å²) in [4.78, 5) is 27.0. The summed E-state index contributed by atoms with van der Waals surface area (Å²) in [5, 5.41) is 18.4. The Balaban J connectivity index is 2.61. The van der Waals surface area contributed by atoms with Gasteiger partial charge in [0, 0.05) is 12.1 Å². The maximum atomic E-state index is 11.9. The van der Waals surface area contributed by atoms with Crippen molar-refractivity contribution < 1.29 is 19.4 Å². The molecular weight excluding hydrogens is 252 g/mol. The molecule has 7 nitrogen and oxygen atoms in total. The van der Waals surface area contributed by atoms with Gasteiger partial charge in [-0.15, -0.1) is 0 Å². The van der Waals surface area contributed by atoms with Crippen LogP contribution in [-0.2, 0) is 0 Å². The smallest absolute Gasteiger partial charge is 0.352 e. The lowest BCUT2D eigenvalue weighted by atomic mass is 10.2. The third kappa shape index (κ3) is 2.35. The highest BCUT2D eigenvalue weighted by molar-refractivity contribution is 5.86. The number of aromatic nitrogens is 2. The molecule has 2 aromatic heterocycles. The number of carbonyl (C=O) groups is 1. The van der Waals surface area contributed by atoms with Crippen molar-refractivity contribution in [1.29, 1.82) is 0 Å². The van der Waals surface area contributed by atoms with Crippen LogP contribution in [0.1, 0.15) is 35.1 Å². The van der Waals surface area contributed by atoms with E-state index in [0.717, 1.165) is 16.7 Å². The first-order valence-corrected chi connectivity index (χ1v) is 5.51. The average molecular weight is 264 g/mol. The van der Waals surface area contributed by atoms with Crippen LogP contribution in [0.15, 0.2) is 27.5 Å². The summed E-state index contributed by atoms with van der Waals surface area (Å²) in [5.41, 5.74) is -0.964. The van der Waals surface area contributed by atoms with Gasteiger partial charge in [-0.3, -0.25) is 9.36 Å². The summed E-state index contributed by atoms with van der Waals surface area (Å²) in [6.45, 7) is 3.29. The molecule has 0 saturated carbocycles. The minimum absolute atomic E-state index is 0.229. The average Bonchev–Trinajstić information content (AvgIpc) is 2.74. The molecule has 0 bridgehead atoms. The van der Waals surface area contributed by atoms with Crippen LogP contribution in [0.4, 0.5) is 0 Å². The first kappa shape index (κ1) is 12.9. The molecule has 0 fully saturated rings. The van der Waals surface area contributed by atoms with E-state index in [4.69, 9.17) is 9.52 Å². The molecule has 2 heterocycles. The lowest BCUT2D eigenvalue weighted by molar-refractivity contribution is 0.0681. The fraction of sp³-hybridized carbons (Fsp3) is 0.250. The van der Waals surface area contributed by atoms with Crippen molar-refractivity contribution in [3.8, 4) is 5.75 Å². The second-order valence-corrected chi connectivity index (χ2v) is 4.10. The highest BCUT2D eigenvalue weighted by Crippen LogP contribution is 2.19. The second-order valence-electron chi connectivity index (χ2n) is 4.10. The van der Waals surface area contributed by atoms with Gasteiger partial charge in [0.1, 0.15) is 23.2 Å². The van der Waals surface area contributed by atoms with Gasteiger partial charge in [0.05, 0.1) is 6.20 Å². The number of hydrogen-bond acceptors (Lipinski definition) is 5. The zero-order chi connectivity index (χ0) is 14.2. The van der Waals surface area contributed by atoms with E-state index in [1.54, 1.807) is 13.8 Å². The van der Waals surface area contributed by atoms with Crippen molar-refractivity contribution in [2.45, 2.75) is 19.9 Å². The Kier molecular flexibility index (Phi) is 3.12. The van der Waals surface area contributed by atoms with Gasteiger partial charge in [-0.25, -0.2) is 9.78 Å². The summed E-state index contributed by atoms with van der Waals surface area (Å²) < 4.78 is 6.30. The normalized spacial score (nSPS) is 12.3. The van der Waals surface area contributed by atoms with Crippen molar-refractivity contribution >= 4 is 5.97 Å². The molecule has 0 spiro atoms. The van der Waals surface area contributed by atoms with E-state index in [0.29, 0.717) is 5.76 Å². The molecule has 2 aromatic rings. The van der Waals surface area contributed by atoms with Crippen molar-refractivity contribution in [1.82, 2.24) is 9.55 Å². The molecule has 0 radical (unpaired) electrons. The first-order chi connectivity index (χ1) is 8.90. The lowest BCUT2D eigenvalue weighted by Crippen LogP contribution is -2.28. The molecule has 0 aliphatic rings. The van der Waals surface area contributed by atoms with Gasteiger partial charge in [0.25, 0.3) is 5.56 Å². The zero-order valence-corrected chi connectivity index (χ0v) is 10.3. The molecule has 7 heteroatoms. The number of aryl methyl sites for hydroxylation is 1. The van der Waals surface area contributed by atoms with E-state index in [-0.39, 0.29) is 11.6 Å². The van der Waals surface area contributed by atoms with E-state index < -0.39 is 23.3 Å². The third-order valence-corrected chi connectivity index (χ3v) is 2.66. The summed E-state index contributed by atoms with van der Waals surface area (Å²) in [6.07, 6.45) is 1.48. The predicted molar refractivity (Wildman–Crippen MR) is 64.4 cm³/mol. The standard InChI is InChI=1S/C12H12N2O5/c1-6-5-13-11(19-6)7(2)14-9(12(17)18)3-8(15)4-10(14)16/h3-5,7,15H,1-2H3,(H,17,18). The number of hydrogen-bond donors (Lipinski definition) is 2. The zero-order valence-electron chi connectivity index (χ0n) is 10.3. The van der Waals surface area contributed by atoms with Crippen LogP contribution in [-0.4, -0.2) is 25.7 Å². The van der Waals surface area contributed by atoms with Crippen molar-refractivity contribution in [2.24, 2.45) is 0 Å². The maximum Gasteiger partial charge on any atom is 0.352 e. The third-order valence-electron chi connectivity index (χ3n) is 2.66. The number of pyridine rings is 1. The van der Waals surface area contributed by atoms with E-state index >= 15 is 0 Å². The number of aromatic carboxylic acids is 1. The summed E-state index contributed by atoms with van der Waals surface area (Å²) in [7, 11) is 0. The molecule has 0 aromatic carbocycles. The number of nitrogens with zero attached hydrogens (tertiary/aromatic N) is 2. The van der Waals surface area contributed by atoms with Gasteiger partial charge >= 0.3 is 5.97 Å². The summed E-state index contributed by atoms with van der Waals surface area (Å²) in [6, 6.07) is 1.27. The van der Waals surface area contributed by atoms with Gasteiger partial charge < -0.3 is 14.6 Å². The van der Waals surface area contributed by atoms with Crippen LogP contribution in [0.2, 0.25) is 0 Å². The Hall–Kier alpha value is -2.57. The number of aromatic hydroxyl groups is 1. The predicted octanol–water partition coefficient (Wildman–Crippen LogP) is 1.16. The highest BCUT2D eigenvalue weighted by atomic mass is 16.4. The van der Waals surface area contributed by atoms with Gasteiger partial charge in [0.2, 0.25) is 5.89 Å². The highest BCUT2D eigenvalue weighted by Gasteiger charge is 2.21. The second kappa shape index (κ2) is 4.60. The number of carboxylic acid groups (broad SMARTS) is 1. The fourth-order valence-electron chi connectivity index (χ4n) is 1.81. The molecular formula is C12H12N2O5. The summed E-state index contributed by atoms with van der Waals surface area (Å²) in [5.74, 6) is -0.920. The van der Waals surface area contributed by atoms with Crippen molar-refractivity contribution in [3.63, 3.8) is 0 Å². The minimum Gasteiger partial charge on any atom is -0.508 e. The molecule has 0 aliphatic heterocycles. The molecule has 2 N–H and O–H groups in total. The van der Waals surface area contributed by atoms with Crippen LogP contribution in [0.25, 0.3) is 0 Å². The van der Waals surface area contributed by atoms with Crippen LogP contribution >= 0.6 is 0 Å². The Labute approximate surface area is 107 Å². The van der Waals surface area contributed by atoms with Gasteiger partial charge in [-0.2, -0.15) is 0 Å². The van der Waals surface area contributed by atoms with Gasteiger partial charge in [-0.1, -0.05) is 0 Å². The largest absolute Gasteiger partial charge is 0.508 e. The lowest BCUT2D eigenvalue weighted by Gasteiger charge is -2.15. The Morgan fingerprint density at radius 1 is 1.47 bits per heavy atom. The minimum atomic E-state index is -1.32. The van der Waals surface area contributed by atoms with Crippen LogP contribution < -0.4 is 5.56 Å². The molecule has 19 heavy (non-hydrogen) atoms. The Bertz CT molecular complexity index is 686. The molecule has 100 valence electrons. The van der Waals surface area contributed by atoms with E-state index in [9.17, 15) is 14.7 Å². The first-order valence-electron chi connectivity index (χ1n) is 5.51. The molecule has 1 atom stereocenters. The molecule has 0 aliphatic carbocycles. The number of carboxylic acids is 1. The molecule has 2 rings (SSSR count). The van der Waals surface area contributed by atoms with Gasteiger partial charge in [0.15, 0.2) is 0 Å². The fourth-order valence-corrected chi connectivity index (χ4v) is 1.81. The maximum absolute atomic E-state index is 11.9. The Morgan fingerprint density at radius 3 is 2.68 bits per heavy atom. The topological polar surface area (TPSA) is 106 Å². The molecule has 0 saturated heterocycles. The molecule has 1 unspecified atom stereocenters. The Morgan fingerprint density at radius 2 is 2.16 bits per heavy atom. The van der Waals surface area contributed by atoms with Crippen LogP contribution in [0.5, 0.6) is 5.75 Å². The van der Waals surface area contributed by atoms with Crippen LogP contribution in [0.3, 0.4) is 0 Å². The molecule has 0 amide bonds. The van der Waals surface area contributed by atoms with E-state index in [1.807, 2.05) is 0 Å². The quantitative estimate of drug-likeness (QED) is 0.861. The van der Waals surface area contributed by atoms with E-state index in [2.05, 4.69) is 4.98 Å². The number of rotatable bonds is 3. The SMILES string of the molecule is Cc1cnc(C(C)n2c(C(=O)O)cc(O)cc2=O)o1.